The van der Waals surface area contributed by atoms with Gasteiger partial charge in [-0.3, -0.25) is 9.79 Å². The second-order valence-corrected chi connectivity index (χ2v) is 4.31. The molecule has 0 saturated carbocycles. The molecule has 0 saturated heterocycles. The molecule has 0 heterocycles. The molecule has 0 bridgehead atoms. The highest BCUT2D eigenvalue weighted by molar-refractivity contribution is 14.0. The average Bonchev–Trinajstić information content (AvgIpc) is 2.56. The predicted octanol–water partition coefficient (Wildman–Crippen LogP) is 1.23. The molecule has 0 radical (unpaired) electrons. The first kappa shape index (κ1) is 21.0. The molecule has 0 aliphatic rings. The predicted molar refractivity (Wildman–Crippen MR) is 104 cm³/mol. The lowest BCUT2D eigenvalue weighted by molar-refractivity contribution is 0.0954. The van der Waals surface area contributed by atoms with Gasteiger partial charge in [-0.05, 0) is 25.1 Å². The summed E-state index contributed by atoms with van der Waals surface area (Å²) in [5.74, 6) is 3.61. The molecule has 126 valence electrons. The van der Waals surface area contributed by atoms with Crippen LogP contribution in [0, 0.1) is 12.3 Å². The molecule has 23 heavy (non-hydrogen) atoms. The molecule has 0 spiro atoms. The summed E-state index contributed by atoms with van der Waals surface area (Å²) in [6, 6.07) is 7.00. The van der Waals surface area contributed by atoms with Gasteiger partial charge in [-0.15, -0.1) is 30.4 Å². The number of ether oxygens (including phenoxy) is 1. The monoisotopic (exact) mass is 430 g/mol. The third kappa shape index (κ3) is 8.30. The van der Waals surface area contributed by atoms with Crippen LogP contribution in [0.1, 0.15) is 17.3 Å². The van der Waals surface area contributed by atoms with Gasteiger partial charge in [-0.25, -0.2) is 0 Å². The standard InChI is InChI=1S/C16H22N4O2.HI/c1-4-9-19-16(17-5-2)20-11-10-18-15(21)13-7-6-8-14(12-13)22-3;/h1,6-8,12H,5,9-11H2,2-3H3,(H,18,21)(H2,17,19,20);1H. The van der Waals surface area contributed by atoms with E-state index < -0.39 is 0 Å². The maximum atomic E-state index is 12.0. The lowest BCUT2D eigenvalue weighted by Gasteiger charge is -2.09. The minimum atomic E-state index is -0.157. The minimum Gasteiger partial charge on any atom is -0.497 e. The Hall–Kier alpha value is -1.95. The van der Waals surface area contributed by atoms with Gasteiger partial charge in [0, 0.05) is 18.7 Å². The number of halogens is 1. The van der Waals surface area contributed by atoms with E-state index in [-0.39, 0.29) is 29.9 Å². The molecule has 1 aromatic carbocycles. The summed E-state index contributed by atoms with van der Waals surface area (Å²) in [5, 5.41) is 8.85. The highest BCUT2D eigenvalue weighted by atomic mass is 127. The maximum absolute atomic E-state index is 12.0. The van der Waals surface area contributed by atoms with Crippen LogP contribution in [0.5, 0.6) is 5.75 Å². The number of benzene rings is 1. The van der Waals surface area contributed by atoms with Crippen LogP contribution >= 0.6 is 24.0 Å². The molecule has 0 aliphatic heterocycles. The van der Waals surface area contributed by atoms with E-state index in [1.54, 1.807) is 31.4 Å². The lowest BCUT2D eigenvalue weighted by Crippen LogP contribution is -2.38. The first-order valence-corrected chi connectivity index (χ1v) is 7.09. The molecule has 0 unspecified atom stereocenters. The van der Waals surface area contributed by atoms with E-state index in [1.165, 1.54) is 0 Å². The second-order valence-electron chi connectivity index (χ2n) is 4.31. The van der Waals surface area contributed by atoms with E-state index in [0.29, 0.717) is 36.9 Å². The topological polar surface area (TPSA) is 74.8 Å². The van der Waals surface area contributed by atoms with Crippen LogP contribution in [0.2, 0.25) is 0 Å². The number of nitrogens with one attached hydrogen (secondary N) is 3. The van der Waals surface area contributed by atoms with E-state index in [2.05, 4.69) is 26.9 Å². The van der Waals surface area contributed by atoms with Crippen LogP contribution < -0.4 is 20.7 Å². The van der Waals surface area contributed by atoms with E-state index in [0.717, 1.165) is 6.54 Å². The van der Waals surface area contributed by atoms with Crippen molar-refractivity contribution >= 4 is 35.8 Å². The minimum absolute atomic E-state index is 0. The van der Waals surface area contributed by atoms with E-state index >= 15 is 0 Å². The lowest BCUT2D eigenvalue weighted by atomic mass is 10.2. The summed E-state index contributed by atoms with van der Waals surface area (Å²) in [6.07, 6.45) is 5.19. The largest absolute Gasteiger partial charge is 0.497 e. The number of methoxy groups -OCH3 is 1. The number of rotatable bonds is 7. The second kappa shape index (κ2) is 12.6. The van der Waals surface area contributed by atoms with Crippen molar-refractivity contribution < 1.29 is 9.53 Å². The molecule has 0 aliphatic carbocycles. The summed E-state index contributed by atoms with van der Waals surface area (Å²) in [7, 11) is 1.57. The highest BCUT2D eigenvalue weighted by Gasteiger charge is 2.05. The summed E-state index contributed by atoms with van der Waals surface area (Å²) in [5.41, 5.74) is 0.556. The smallest absolute Gasteiger partial charge is 0.251 e. The third-order valence-electron chi connectivity index (χ3n) is 2.70. The first-order chi connectivity index (χ1) is 10.7. The Bertz CT molecular complexity index is 555. The molecular formula is C16H23IN4O2. The maximum Gasteiger partial charge on any atom is 0.251 e. The van der Waals surface area contributed by atoms with Crippen molar-refractivity contribution in [1.82, 2.24) is 16.0 Å². The van der Waals surface area contributed by atoms with Crippen molar-refractivity contribution in [3.63, 3.8) is 0 Å². The average molecular weight is 430 g/mol. The van der Waals surface area contributed by atoms with Crippen LogP contribution in [-0.2, 0) is 0 Å². The normalized spacial score (nSPS) is 10.0. The third-order valence-corrected chi connectivity index (χ3v) is 2.70. The fourth-order valence-electron chi connectivity index (χ4n) is 1.68. The SMILES string of the molecule is C#CCNC(=NCCNC(=O)c1cccc(OC)c1)NCC.I. The van der Waals surface area contributed by atoms with Gasteiger partial charge in [0.15, 0.2) is 5.96 Å². The molecule has 7 heteroatoms. The Morgan fingerprint density at radius 2 is 2.13 bits per heavy atom. The Morgan fingerprint density at radius 1 is 1.35 bits per heavy atom. The van der Waals surface area contributed by atoms with Gasteiger partial charge in [-0.1, -0.05) is 12.0 Å². The molecule has 1 aromatic rings. The number of hydrogen-bond acceptors (Lipinski definition) is 3. The van der Waals surface area contributed by atoms with Crippen LogP contribution in [0.4, 0.5) is 0 Å². The zero-order valence-corrected chi connectivity index (χ0v) is 15.7. The van der Waals surface area contributed by atoms with Gasteiger partial charge in [0.25, 0.3) is 5.91 Å². The number of carbonyl (C=O) groups excluding carboxylic acids is 1. The Morgan fingerprint density at radius 3 is 2.78 bits per heavy atom. The summed E-state index contributed by atoms with van der Waals surface area (Å²) in [4.78, 5) is 16.3. The highest BCUT2D eigenvalue weighted by Crippen LogP contribution is 2.12. The zero-order chi connectivity index (χ0) is 16.2. The van der Waals surface area contributed by atoms with Gasteiger partial charge in [0.2, 0.25) is 0 Å². The number of guanidine groups is 1. The van der Waals surface area contributed by atoms with Gasteiger partial charge in [0.1, 0.15) is 5.75 Å². The summed E-state index contributed by atoms with van der Waals surface area (Å²) >= 11 is 0. The molecule has 1 amide bonds. The van der Waals surface area contributed by atoms with Crippen molar-refractivity contribution in [2.75, 3.05) is 33.3 Å². The van der Waals surface area contributed by atoms with Crippen molar-refractivity contribution in [3.05, 3.63) is 29.8 Å². The number of amides is 1. The number of nitrogens with zero attached hydrogens (tertiary/aromatic N) is 1. The number of terminal acetylenes is 1. The van der Waals surface area contributed by atoms with Crippen molar-refractivity contribution in [2.45, 2.75) is 6.92 Å². The number of carbonyl (C=O) groups is 1. The van der Waals surface area contributed by atoms with Gasteiger partial charge in [0.05, 0.1) is 20.2 Å². The van der Waals surface area contributed by atoms with Crippen molar-refractivity contribution in [2.24, 2.45) is 4.99 Å². The quantitative estimate of drug-likeness (QED) is 0.200. The summed E-state index contributed by atoms with van der Waals surface area (Å²) in [6.45, 7) is 4.00. The fraction of sp³-hybridized carbons (Fsp3) is 0.375. The van der Waals surface area contributed by atoms with Crippen LogP contribution in [0.15, 0.2) is 29.3 Å². The fourth-order valence-corrected chi connectivity index (χ4v) is 1.68. The molecule has 0 aromatic heterocycles. The molecule has 0 atom stereocenters. The Kier molecular flexibility index (Phi) is 11.5. The van der Waals surface area contributed by atoms with Gasteiger partial charge < -0.3 is 20.7 Å². The summed E-state index contributed by atoms with van der Waals surface area (Å²) < 4.78 is 5.09. The van der Waals surface area contributed by atoms with Gasteiger partial charge in [-0.2, -0.15) is 0 Å². The Labute approximate surface area is 154 Å². The first-order valence-electron chi connectivity index (χ1n) is 7.09. The van der Waals surface area contributed by atoms with Crippen LogP contribution in [-0.4, -0.2) is 45.2 Å². The Balaban J connectivity index is 0.00000484. The van der Waals surface area contributed by atoms with E-state index in [9.17, 15) is 4.79 Å². The van der Waals surface area contributed by atoms with Gasteiger partial charge >= 0.3 is 0 Å². The number of aliphatic imine (C=N–C) groups is 1. The van der Waals surface area contributed by atoms with Crippen LogP contribution in [0.3, 0.4) is 0 Å². The molecule has 0 fully saturated rings. The molecule has 6 nitrogen and oxygen atoms in total. The van der Waals surface area contributed by atoms with E-state index in [1.807, 2.05) is 6.92 Å². The number of hydrogen-bond donors (Lipinski definition) is 3. The molecule has 1 rings (SSSR count). The van der Waals surface area contributed by atoms with Crippen molar-refractivity contribution in [3.8, 4) is 18.1 Å². The van der Waals surface area contributed by atoms with Crippen molar-refractivity contribution in [1.29, 1.82) is 0 Å². The zero-order valence-electron chi connectivity index (χ0n) is 13.4. The molecular weight excluding hydrogens is 407 g/mol. The van der Waals surface area contributed by atoms with E-state index in [4.69, 9.17) is 11.2 Å². The van der Waals surface area contributed by atoms with Crippen LogP contribution in [0.25, 0.3) is 0 Å². The molecule has 3 N–H and O–H groups in total.